The van der Waals surface area contributed by atoms with Gasteiger partial charge in [-0.15, -0.1) is 0 Å². The Balaban J connectivity index is 1.91. The lowest BCUT2D eigenvalue weighted by Gasteiger charge is -2.10. The number of hydrogen-bond acceptors (Lipinski definition) is 6. The average Bonchev–Trinajstić information content (AvgIpc) is 2.66. The van der Waals surface area contributed by atoms with Crippen molar-refractivity contribution in [3.8, 4) is 5.88 Å². The number of aromatic nitrogens is 1. The van der Waals surface area contributed by atoms with E-state index in [2.05, 4.69) is 9.98 Å². The number of hydrogen-bond donors (Lipinski definition) is 2. The van der Waals surface area contributed by atoms with E-state index in [9.17, 15) is 18.3 Å². The molecule has 0 amide bonds. The number of nitrogens with one attached hydrogen (secondary N) is 1. The van der Waals surface area contributed by atoms with Crippen LogP contribution in [0.15, 0.2) is 57.1 Å². The van der Waals surface area contributed by atoms with Crippen LogP contribution in [-0.4, -0.2) is 63.9 Å². The molecule has 1 heterocycles. The van der Waals surface area contributed by atoms with E-state index >= 15 is 0 Å². The van der Waals surface area contributed by atoms with Gasteiger partial charge >= 0.3 is 0 Å². The highest BCUT2D eigenvalue weighted by molar-refractivity contribution is 7.91. The molecule has 0 saturated carbocycles. The van der Waals surface area contributed by atoms with Crippen molar-refractivity contribution in [2.75, 3.05) is 26.4 Å². The molecule has 148 valence electrons. The number of pyridine rings is 1. The predicted octanol–water partition coefficient (Wildman–Crippen LogP) is 1.11. The number of aliphatic imine (C=N–C) groups is 1. The Morgan fingerprint density at radius 3 is 2.48 bits per heavy atom. The van der Waals surface area contributed by atoms with Crippen molar-refractivity contribution in [2.24, 2.45) is 4.99 Å². The summed E-state index contributed by atoms with van der Waals surface area (Å²) in [6.07, 6.45) is 1.41. The second-order valence-electron chi connectivity index (χ2n) is 6.90. The van der Waals surface area contributed by atoms with Gasteiger partial charge in [0.05, 0.1) is 21.9 Å². The summed E-state index contributed by atoms with van der Waals surface area (Å²) < 4.78 is 24.7. The number of fused-ring (bicyclic) bond motifs is 1. The molecule has 0 atom stereocenters. The molecular weight excluding hydrogens is 389 g/mol. The fourth-order valence-corrected chi connectivity index (χ4v) is 4.17. The van der Waals surface area contributed by atoms with Crippen LogP contribution in [-0.2, 0) is 9.84 Å². The summed E-state index contributed by atoms with van der Waals surface area (Å²) in [7, 11) is 6.06. The monoisotopic (exact) mass is 409 g/mol. The molecule has 9 heteroatoms. The van der Waals surface area contributed by atoms with Gasteiger partial charge in [0, 0.05) is 23.5 Å². The van der Waals surface area contributed by atoms with E-state index in [0.29, 0.717) is 34.0 Å². The van der Waals surface area contributed by atoms with Crippen LogP contribution in [0.4, 0.5) is 5.69 Å². The normalized spacial score (nSPS) is 12.2. The molecular formula is C20H20BN3O4S. The van der Waals surface area contributed by atoms with Gasteiger partial charge in [-0.1, -0.05) is 17.6 Å². The third-order valence-corrected chi connectivity index (χ3v) is 6.12. The molecule has 0 fully saturated rings. The molecule has 3 rings (SSSR count). The lowest BCUT2D eigenvalue weighted by Crippen LogP contribution is -2.21. The largest absolute Gasteiger partial charge is 0.494 e. The maximum Gasteiger partial charge on any atom is 0.258 e. The summed E-state index contributed by atoms with van der Waals surface area (Å²) in [6.45, 7) is 0.434. The molecule has 29 heavy (non-hydrogen) atoms. The van der Waals surface area contributed by atoms with Gasteiger partial charge in [-0.05, 0) is 44.4 Å². The Morgan fingerprint density at radius 1 is 1.14 bits per heavy atom. The minimum atomic E-state index is -3.37. The molecule has 2 radical (unpaired) electrons. The number of H-pyrrole nitrogens is 1. The predicted molar refractivity (Wildman–Crippen MR) is 116 cm³/mol. The molecule has 0 bridgehead atoms. The number of aromatic hydroxyl groups is 1. The molecule has 0 aliphatic rings. The highest BCUT2D eigenvalue weighted by Gasteiger charge is 2.14. The molecule has 7 nitrogen and oxygen atoms in total. The standard InChI is InChI=1S/C20H20BN3O4S/c1-24(2)9-10-29(27,28)15-6-4-14(5-7-15)22-12-18-17-11-13(21)3-8-16(17)19(25)23-20(18)26/h3-8,11-12H,9-10H2,1-2H3,(H2,23,25,26). The molecule has 3 aromatic rings. The van der Waals surface area contributed by atoms with Gasteiger partial charge in [0.1, 0.15) is 7.85 Å². The third kappa shape index (κ3) is 4.75. The van der Waals surface area contributed by atoms with Crippen LogP contribution in [0.3, 0.4) is 0 Å². The van der Waals surface area contributed by atoms with Gasteiger partial charge in [-0.3, -0.25) is 14.8 Å². The van der Waals surface area contributed by atoms with Gasteiger partial charge in [-0.2, -0.15) is 0 Å². The zero-order valence-electron chi connectivity index (χ0n) is 16.1. The van der Waals surface area contributed by atoms with Crippen molar-refractivity contribution in [1.29, 1.82) is 0 Å². The fraction of sp³-hybridized carbons (Fsp3) is 0.200. The first kappa shape index (κ1) is 20.8. The number of nitrogens with zero attached hydrogens (tertiary/aromatic N) is 2. The molecule has 0 aliphatic carbocycles. The van der Waals surface area contributed by atoms with Crippen molar-refractivity contribution in [1.82, 2.24) is 9.88 Å². The highest BCUT2D eigenvalue weighted by atomic mass is 32.2. The van der Waals surface area contributed by atoms with E-state index in [-0.39, 0.29) is 16.5 Å². The summed E-state index contributed by atoms with van der Waals surface area (Å²) >= 11 is 0. The molecule has 0 saturated heterocycles. The van der Waals surface area contributed by atoms with Crippen LogP contribution in [0.25, 0.3) is 10.8 Å². The Labute approximate surface area is 170 Å². The summed E-state index contributed by atoms with van der Waals surface area (Å²) in [5.74, 6) is -0.291. The minimum Gasteiger partial charge on any atom is -0.494 e. The van der Waals surface area contributed by atoms with Crippen molar-refractivity contribution >= 4 is 45.8 Å². The molecule has 0 unspecified atom stereocenters. The molecule has 0 aliphatic heterocycles. The summed E-state index contributed by atoms with van der Waals surface area (Å²) in [5.41, 5.74) is 0.833. The van der Waals surface area contributed by atoms with Crippen LogP contribution in [0.1, 0.15) is 5.56 Å². The van der Waals surface area contributed by atoms with Crippen LogP contribution >= 0.6 is 0 Å². The smallest absolute Gasteiger partial charge is 0.258 e. The maximum atomic E-state index is 12.3. The quantitative estimate of drug-likeness (QED) is 0.469. The number of rotatable bonds is 6. The van der Waals surface area contributed by atoms with Crippen LogP contribution < -0.4 is 11.0 Å². The van der Waals surface area contributed by atoms with E-state index in [1.165, 1.54) is 18.3 Å². The number of benzene rings is 2. The fourth-order valence-electron chi connectivity index (χ4n) is 2.78. The molecule has 2 N–H and O–H groups in total. The maximum absolute atomic E-state index is 12.3. The SMILES string of the molecule is [B]c1ccc2c(=O)[nH]c(O)c(C=Nc3ccc(S(=O)(=O)CCN(C)C)cc3)c2c1. The van der Waals surface area contributed by atoms with Crippen molar-refractivity contribution in [3.63, 3.8) is 0 Å². The summed E-state index contributed by atoms with van der Waals surface area (Å²) in [4.78, 5) is 20.7. The van der Waals surface area contributed by atoms with Crippen molar-refractivity contribution < 1.29 is 13.5 Å². The Bertz CT molecular complexity index is 1230. The summed E-state index contributed by atoms with van der Waals surface area (Å²) in [6, 6.07) is 10.9. The minimum absolute atomic E-state index is 0.0290. The number of sulfone groups is 1. The van der Waals surface area contributed by atoms with Crippen LogP contribution in [0.2, 0.25) is 0 Å². The first-order chi connectivity index (χ1) is 13.7. The van der Waals surface area contributed by atoms with Gasteiger partial charge in [0.2, 0.25) is 5.88 Å². The van der Waals surface area contributed by atoms with E-state index in [1.54, 1.807) is 30.3 Å². The Kier molecular flexibility index (Phi) is 5.90. The van der Waals surface area contributed by atoms with E-state index in [4.69, 9.17) is 7.85 Å². The van der Waals surface area contributed by atoms with Crippen LogP contribution in [0, 0.1) is 0 Å². The van der Waals surface area contributed by atoms with E-state index < -0.39 is 15.4 Å². The van der Waals surface area contributed by atoms with Gasteiger partial charge in [0.25, 0.3) is 5.56 Å². The number of aromatic amines is 1. The molecule has 2 aromatic carbocycles. The first-order valence-corrected chi connectivity index (χ1v) is 10.5. The van der Waals surface area contributed by atoms with E-state index in [1.807, 2.05) is 19.0 Å². The van der Waals surface area contributed by atoms with Crippen LogP contribution in [0.5, 0.6) is 5.88 Å². The molecule has 1 aromatic heterocycles. The summed E-state index contributed by atoms with van der Waals surface area (Å²) in [5, 5.41) is 11.0. The topological polar surface area (TPSA) is 103 Å². The highest BCUT2D eigenvalue weighted by Crippen LogP contribution is 2.22. The molecule has 0 spiro atoms. The zero-order chi connectivity index (χ0) is 21.2. The zero-order valence-corrected chi connectivity index (χ0v) is 16.9. The Morgan fingerprint density at radius 2 is 1.83 bits per heavy atom. The third-order valence-electron chi connectivity index (χ3n) is 4.41. The van der Waals surface area contributed by atoms with Gasteiger partial charge < -0.3 is 10.0 Å². The van der Waals surface area contributed by atoms with Crippen molar-refractivity contribution in [2.45, 2.75) is 4.90 Å². The van der Waals surface area contributed by atoms with E-state index in [0.717, 1.165) is 0 Å². The average molecular weight is 409 g/mol. The van der Waals surface area contributed by atoms with Crippen molar-refractivity contribution in [3.05, 3.63) is 58.4 Å². The second kappa shape index (κ2) is 8.22. The van der Waals surface area contributed by atoms with Gasteiger partial charge in [-0.25, -0.2) is 8.42 Å². The van der Waals surface area contributed by atoms with Gasteiger partial charge in [0.15, 0.2) is 9.84 Å². The lowest BCUT2D eigenvalue weighted by molar-refractivity contribution is 0.432. The lowest BCUT2D eigenvalue weighted by atomic mass is 9.92. The second-order valence-corrected chi connectivity index (χ2v) is 9.00. The first-order valence-electron chi connectivity index (χ1n) is 8.83. The Hall–Kier alpha value is -2.91.